The van der Waals surface area contributed by atoms with E-state index in [1.807, 2.05) is 20.8 Å². The fourth-order valence-corrected chi connectivity index (χ4v) is 2.16. The third kappa shape index (κ3) is 4.12. The Kier molecular flexibility index (Phi) is 5.41. The Bertz CT molecular complexity index is 647. The Morgan fingerprint density at radius 1 is 1.35 bits per heavy atom. The van der Waals surface area contributed by atoms with E-state index in [4.69, 9.17) is 13.8 Å². The Labute approximate surface area is 135 Å². The second-order valence-electron chi connectivity index (χ2n) is 5.92. The van der Waals surface area contributed by atoms with Gasteiger partial charge in [-0.05, 0) is 38.3 Å². The first kappa shape index (κ1) is 17.1. The van der Waals surface area contributed by atoms with Crippen LogP contribution in [0.25, 0.3) is 0 Å². The molecule has 2 aromatic rings. The average Bonchev–Trinajstić information content (AvgIpc) is 3.12. The molecule has 2 rings (SSSR count). The summed E-state index contributed by atoms with van der Waals surface area (Å²) in [5, 5.41) is 10.4. The van der Waals surface area contributed by atoms with E-state index in [2.05, 4.69) is 29.5 Å². The SMILES string of the molecule is CCC(C)C(Oc1cc(C(=O)NC(C)C)on1)c1cnoc1C. The minimum absolute atomic E-state index is 0.0180. The summed E-state index contributed by atoms with van der Waals surface area (Å²) < 4.78 is 16.1. The third-order valence-corrected chi connectivity index (χ3v) is 3.64. The highest BCUT2D eigenvalue weighted by Gasteiger charge is 2.26. The summed E-state index contributed by atoms with van der Waals surface area (Å²) in [6, 6.07) is 1.51. The van der Waals surface area contributed by atoms with Crippen LogP contribution in [0.1, 0.15) is 62.1 Å². The number of hydrogen-bond acceptors (Lipinski definition) is 6. The summed E-state index contributed by atoms with van der Waals surface area (Å²) in [7, 11) is 0. The van der Waals surface area contributed by atoms with Crippen molar-refractivity contribution in [1.82, 2.24) is 15.6 Å². The van der Waals surface area contributed by atoms with E-state index >= 15 is 0 Å². The zero-order valence-electron chi connectivity index (χ0n) is 14.1. The quantitative estimate of drug-likeness (QED) is 0.841. The fourth-order valence-electron chi connectivity index (χ4n) is 2.16. The van der Waals surface area contributed by atoms with Crippen molar-refractivity contribution in [2.24, 2.45) is 5.92 Å². The fraction of sp³-hybridized carbons (Fsp3) is 0.562. The zero-order valence-corrected chi connectivity index (χ0v) is 14.1. The lowest BCUT2D eigenvalue weighted by Gasteiger charge is -2.21. The molecule has 1 N–H and O–H groups in total. The van der Waals surface area contributed by atoms with Crippen LogP contribution in [0.3, 0.4) is 0 Å². The number of ether oxygens (including phenoxy) is 1. The van der Waals surface area contributed by atoms with Crippen LogP contribution in [-0.2, 0) is 0 Å². The molecule has 0 saturated carbocycles. The number of aromatic nitrogens is 2. The van der Waals surface area contributed by atoms with Gasteiger partial charge in [-0.1, -0.05) is 19.0 Å². The first-order valence-electron chi connectivity index (χ1n) is 7.77. The molecular formula is C16H23N3O4. The van der Waals surface area contributed by atoms with Crippen molar-refractivity contribution in [3.63, 3.8) is 0 Å². The predicted molar refractivity (Wildman–Crippen MR) is 83.2 cm³/mol. The predicted octanol–water partition coefficient (Wildman–Crippen LogP) is 3.28. The van der Waals surface area contributed by atoms with Gasteiger partial charge in [0, 0.05) is 6.04 Å². The minimum atomic E-state index is -0.316. The minimum Gasteiger partial charge on any atom is -0.467 e. The first-order valence-corrected chi connectivity index (χ1v) is 7.77. The van der Waals surface area contributed by atoms with Crippen LogP contribution in [0.15, 0.2) is 21.3 Å². The molecule has 0 aliphatic carbocycles. The van der Waals surface area contributed by atoms with E-state index in [1.165, 1.54) is 6.07 Å². The van der Waals surface area contributed by atoms with Crippen molar-refractivity contribution in [1.29, 1.82) is 0 Å². The molecule has 0 aliphatic heterocycles. The summed E-state index contributed by atoms with van der Waals surface area (Å²) >= 11 is 0. The molecule has 1 amide bonds. The summed E-state index contributed by atoms with van der Waals surface area (Å²) in [5.74, 6) is 1.00. The Morgan fingerprint density at radius 3 is 2.65 bits per heavy atom. The molecule has 0 aromatic carbocycles. The van der Waals surface area contributed by atoms with Gasteiger partial charge in [0.25, 0.3) is 11.8 Å². The van der Waals surface area contributed by atoms with Crippen molar-refractivity contribution in [3.05, 3.63) is 29.3 Å². The largest absolute Gasteiger partial charge is 0.467 e. The zero-order chi connectivity index (χ0) is 17.0. The monoisotopic (exact) mass is 321 g/mol. The second-order valence-corrected chi connectivity index (χ2v) is 5.92. The van der Waals surface area contributed by atoms with Gasteiger partial charge in [0.15, 0.2) is 0 Å². The Hall–Kier alpha value is -2.31. The molecule has 23 heavy (non-hydrogen) atoms. The molecule has 126 valence electrons. The lowest BCUT2D eigenvalue weighted by Crippen LogP contribution is -2.29. The van der Waals surface area contributed by atoms with Crippen molar-refractivity contribution < 1.29 is 18.6 Å². The molecule has 0 bridgehead atoms. The number of hydrogen-bond donors (Lipinski definition) is 1. The van der Waals surface area contributed by atoms with Crippen LogP contribution >= 0.6 is 0 Å². The van der Waals surface area contributed by atoms with Gasteiger partial charge in [0.1, 0.15) is 11.9 Å². The highest BCUT2D eigenvalue weighted by molar-refractivity contribution is 5.91. The maximum Gasteiger partial charge on any atom is 0.290 e. The number of aryl methyl sites for hydroxylation is 1. The highest BCUT2D eigenvalue weighted by atomic mass is 16.5. The van der Waals surface area contributed by atoms with Crippen molar-refractivity contribution in [2.45, 2.75) is 53.2 Å². The molecule has 2 aromatic heterocycles. The van der Waals surface area contributed by atoms with Crippen molar-refractivity contribution >= 4 is 5.91 Å². The van der Waals surface area contributed by atoms with E-state index in [-0.39, 0.29) is 35.6 Å². The third-order valence-electron chi connectivity index (χ3n) is 3.64. The topological polar surface area (TPSA) is 90.4 Å². The highest BCUT2D eigenvalue weighted by Crippen LogP contribution is 2.31. The van der Waals surface area contributed by atoms with E-state index in [0.29, 0.717) is 5.76 Å². The number of rotatable bonds is 7. The summed E-state index contributed by atoms with van der Waals surface area (Å²) in [5.41, 5.74) is 0.871. The van der Waals surface area contributed by atoms with Crippen LogP contribution in [0.2, 0.25) is 0 Å². The summed E-state index contributed by atoms with van der Waals surface area (Å²) in [4.78, 5) is 11.9. The van der Waals surface area contributed by atoms with Crippen LogP contribution in [-0.4, -0.2) is 22.3 Å². The summed E-state index contributed by atoms with van der Waals surface area (Å²) in [6.07, 6.45) is 2.30. The molecule has 0 saturated heterocycles. The van der Waals surface area contributed by atoms with Gasteiger partial charge >= 0.3 is 0 Å². The lowest BCUT2D eigenvalue weighted by molar-refractivity contribution is 0.0904. The van der Waals surface area contributed by atoms with Gasteiger partial charge in [-0.25, -0.2) is 0 Å². The van der Waals surface area contributed by atoms with E-state index in [9.17, 15) is 4.79 Å². The van der Waals surface area contributed by atoms with Gasteiger partial charge in [-0.2, -0.15) is 0 Å². The molecule has 0 radical (unpaired) electrons. The first-order chi connectivity index (χ1) is 10.9. The molecule has 7 heteroatoms. The maximum absolute atomic E-state index is 11.9. The number of nitrogens with one attached hydrogen (secondary N) is 1. The number of nitrogens with zero attached hydrogens (tertiary/aromatic N) is 2. The van der Waals surface area contributed by atoms with Crippen molar-refractivity contribution in [2.75, 3.05) is 0 Å². The van der Waals surface area contributed by atoms with Crippen LogP contribution in [0, 0.1) is 12.8 Å². The van der Waals surface area contributed by atoms with Gasteiger partial charge < -0.3 is 19.1 Å². The standard InChI is InChI=1S/C16H23N3O4/c1-6-10(4)15(12-8-17-22-11(12)5)21-14-7-13(23-19-14)16(20)18-9(2)3/h7-10,15H,6H2,1-5H3,(H,18,20). The second kappa shape index (κ2) is 7.30. The molecular weight excluding hydrogens is 298 g/mol. The maximum atomic E-state index is 11.9. The van der Waals surface area contributed by atoms with E-state index in [1.54, 1.807) is 6.20 Å². The number of carbonyl (C=O) groups is 1. The molecule has 0 fully saturated rings. The normalized spacial score (nSPS) is 13.8. The lowest BCUT2D eigenvalue weighted by atomic mass is 9.96. The van der Waals surface area contributed by atoms with E-state index in [0.717, 1.165) is 12.0 Å². The van der Waals surface area contributed by atoms with E-state index < -0.39 is 0 Å². The van der Waals surface area contributed by atoms with Gasteiger partial charge in [-0.15, -0.1) is 0 Å². The molecule has 2 heterocycles. The number of carbonyl (C=O) groups excluding carboxylic acids is 1. The van der Waals surface area contributed by atoms with Crippen LogP contribution < -0.4 is 10.1 Å². The van der Waals surface area contributed by atoms with Crippen LogP contribution in [0.5, 0.6) is 5.88 Å². The number of amides is 1. The average molecular weight is 321 g/mol. The smallest absolute Gasteiger partial charge is 0.290 e. The van der Waals surface area contributed by atoms with Crippen molar-refractivity contribution in [3.8, 4) is 5.88 Å². The molecule has 0 aliphatic rings. The molecule has 7 nitrogen and oxygen atoms in total. The summed E-state index contributed by atoms with van der Waals surface area (Å²) in [6.45, 7) is 9.74. The van der Waals surface area contributed by atoms with Gasteiger partial charge in [-0.3, -0.25) is 4.79 Å². The Balaban J connectivity index is 2.16. The van der Waals surface area contributed by atoms with Gasteiger partial charge in [0.05, 0.1) is 17.8 Å². The van der Waals surface area contributed by atoms with Gasteiger partial charge in [0.2, 0.25) is 5.76 Å². The molecule has 2 unspecified atom stereocenters. The molecule has 0 spiro atoms. The van der Waals surface area contributed by atoms with Crippen LogP contribution in [0.4, 0.5) is 0 Å². The molecule has 2 atom stereocenters. The Morgan fingerprint density at radius 2 is 2.09 bits per heavy atom.